The van der Waals surface area contributed by atoms with Gasteiger partial charge in [-0.05, 0) is 38.1 Å². The third kappa shape index (κ3) is 6.99. The number of rotatable bonds is 8. The first kappa shape index (κ1) is 26.7. The maximum atomic E-state index is 14.7. The van der Waals surface area contributed by atoms with Crippen LogP contribution in [0.1, 0.15) is 51.7 Å². The molecule has 0 aliphatic rings. The summed E-state index contributed by atoms with van der Waals surface area (Å²) in [4.78, 5) is 21.3. The van der Waals surface area contributed by atoms with Gasteiger partial charge in [0, 0.05) is 35.0 Å². The molecule has 1 atom stereocenters. The molecule has 0 spiro atoms. The number of amides is 2. The fraction of sp³-hybridized carbons (Fsp3) is 0.240. The number of nitrogens with zero attached hydrogens (tertiary/aromatic N) is 2. The van der Waals surface area contributed by atoms with Gasteiger partial charge in [-0.2, -0.15) is 0 Å². The van der Waals surface area contributed by atoms with Gasteiger partial charge in [-0.3, -0.25) is 0 Å². The molecule has 0 saturated heterocycles. The van der Waals surface area contributed by atoms with Gasteiger partial charge in [0.15, 0.2) is 0 Å². The summed E-state index contributed by atoms with van der Waals surface area (Å²) in [6.07, 6.45) is 4.74. The van der Waals surface area contributed by atoms with E-state index in [1.54, 1.807) is 31.2 Å². The normalized spacial score (nSPS) is 13.1. The molecule has 6 N–H and O–H groups in total. The Kier molecular flexibility index (Phi) is 9.95. The number of nitrogens with two attached hydrogens (primary N) is 2. The van der Waals surface area contributed by atoms with Crippen LogP contribution < -0.4 is 27.4 Å². The van der Waals surface area contributed by atoms with Crippen molar-refractivity contribution in [3.63, 3.8) is 0 Å². The van der Waals surface area contributed by atoms with E-state index in [4.69, 9.17) is 11.5 Å². The number of benzene rings is 2. The molecule has 34 heavy (non-hydrogen) atoms. The Morgan fingerprint density at radius 1 is 0.971 bits per heavy atom. The van der Waals surface area contributed by atoms with Crippen molar-refractivity contribution in [3.8, 4) is 0 Å². The summed E-state index contributed by atoms with van der Waals surface area (Å²) in [5.41, 5.74) is 14.8. The molecule has 0 aromatic heterocycles. The van der Waals surface area contributed by atoms with Gasteiger partial charge >= 0.3 is 6.03 Å². The van der Waals surface area contributed by atoms with Gasteiger partial charge in [0.25, 0.3) is 0 Å². The molecule has 2 aromatic carbocycles. The van der Waals surface area contributed by atoms with E-state index >= 15 is 0 Å². The lowest BCUT2D eigenvalue weighted by Gasteiger charge is -2.14. The van der Waals surface area contributed by atoms with Crippen LogP contribution >= 0.6 is 9.24 Å². The number of nitrogens with one attached hydrogen (secondary N) is 2. The van der Waals surface area contributed by atoms with E-state index in [1.165, 1.54) is 6.07 Å². The van der Waals surface area contributed by atoms with Crippen LogP contribution in [0.2, 0.25) is 0 Å². The first-order chi connectivity index (χ1) is 16.2. The molecule has 1 unspecified atom stereocenters. The molecule has 2 aromatic rings. The predicted octanol–water partition coefficient (Wildman–Crippen LogP) is 5.23. The SMILES string of the molecule is C/C=C(\N=C(N)CC)c1ccc(NC(=O)Nc2cccc(/C(=C/C)N=C(N)CC)c2P)cc1F. The zero-order valence-electron chi connectivity index (χ0n) is 19.9. The fourth-order valence-corrected chi connectivity index (χ4v) is 3.42. The molecule has 0 heterocycles. The monoisotopic (exact) mass is 482 g/mol. The Bertz CT molecular complexity index is 1170. The van der Waals surface area contributed by atoms with E-state index in [1.807, 2.05) is 39.0 Å². The van der Waals surface area contributed by atoms with E-state index in [9.17, 15) is 9.18 Å². The molecule has 0 fully saturated rings. The van der Waals surface area contributed by atoms with Crippen LogP contribution in [0.25, 0.3) is 11.4 Å². The number of allylic oxidation sites excluding steroid dienone is 2. The first-order valence-electron chi connectivity index (χ1n) is 11.0. The van der Waals surface area contributed by atoms with Crippen LogP contribution in [-0.2, 0) is 0 Å². The van der Waals surface area contributed by atoms with E-state index in [-0.39, 0.29) is 0 Å². The lowest BCUT2D eigenvalue weighted by molar-refractivity contribution is 0.262. The van der Waals surface area contributed by atoms with Crippen molar-refractivity contribution in [3.05, 3.63) is 65.5 Å². The smallest absolute Gasteiger partial charge is 0.323 e. The molecule has 0 aliphatic heterocycles. The second-order valence-corrected chi connectivity index (χ2v) is 7.88. The summed E-state index contributed by atoms with van der Waals surface area (Å²) in [6.45, 7) is 7.43. The molecule has 0 radical (unpaired) electrons. The average Bonchev–Trinajstić information content (AvgIpc) is 2.82. The minimum Gasteiger partial charge on any atom is -0.387 e. The first-order valence-corrected chi connectivity index (χ1v) is 11.6. The number of amidine groups is 2. The predicted molar refractivity (Wildman–Crippen MR) is 146 cm³/mol. The Balaban J connectivity index is 2.22. The van der Waals surface area contributed by atoms with Crippen molar-refractivity contribution in [2.24, 2.45) is 21.5 Å². The van der Waals surface area contributed by atoms with Gasteiger partial charge < -0.3 is 22.1 Å². The van der Waals surface area contributed by atoms with Crippen molar-refractivity contribution < 1.29 is 9.18 Å². The zero-order chi connectivity index (χ0) is 25.3. The molecule has 2 amide bonds. The van der Waals surface area contributed by atoms with Crippen molar-refractivity contribution in [1.29, 1.82) is 0 Å². The molecular formula is C25H32FN6OP. The Hall–Kier alpha value is -3.51. The van der Waals surface area contributed by atoms with E-state index < -0.39 is 11.8 Å². The highest BCUT2D eigenvalue weighted by molar-refractivity contribution is 7.28. The van der Waals surface area contributed by atoms with Crippen LogP contribution in [0, 0.1) is 5.82 Å². The lowest BCUT2D eigenvalue weighted by Crippen LogP contribution is -2.23. The molecule has 7 nitrogen and oxygen atoms in total. The molecule has 9 heteroatoms. The Labute approximate surface area is 202 Å². The molecule has 0 aliphatic carbocycles. The Morgan fingerprint density at radius 2 is 1.56 bits per heavy atom. The summed E-state index contributed by atoms with van der Waals surface area (Å²) in [5.74, 6) is 0.410. The van der Waals surface area contributed by atoms with Crippen molar-refractivity contribution in [1.82, 2.24) is 0 Å². The van der Waals surface area contributed by atoms with Crippen LogP contribution in [-0.4, -0.2) is 17.7 Å². The van der Waals surface area contributed by atoms with Gasteiger partial charge in [-0.25, -0.2) is 19.2 Å². The van der Waals surface area contributed by atoms with Crippen LogP contribution in [0.3, 0.4) is 0 Å². The molecule has 2 rings (SSSR count). The van der Waals surface area contributed by atoms with Crippen LogP contribution in [0.4, 0.5) is 20.6 Å². The van der Waals surface area contributed by atoms with E-state index in [2.05, 4.69) is 29.9 Å². The second-order valence-electron chi connectivity index (χ2n) is 7.30. The third-order valence-electron chi connectivity index (χ3n) is 4.93. The quantitative estimate of drug-likeness (QED) is 0.234. The van der Waals surface area contributed by atoms with Crippen molar-refractivity contribution in [2.75, 3.05) is 10.6 Å². The molecule has 180 valence electrons. The highest BCUT2D eigenvalue weighted by atomic mass is 31.0. The number of halogens is 1. The number of aliphatic imine (C=N–C) groups is 2. The average molecular weight is 483 g/mol. The fourth-order valence-electron chi connectivity index (χ4n) is 3.01. The summed E-state index contributed by atoms with van der Waals surface area (Å²) in [6, 6.07) is 9.38. The number of urea groups is 1. The molecule has 0 bridgehead atoms. The summed E-state index contributed by atoms with van der Waals surface area (Å²) >= 11 is 0. The Morgan fingerprint density at radius 3 is 2.09 bits per heavy atom. The maximum Gasteiger partial charge on any atom is 0.323 e. The number of carbonyl (C=O) groups excluding carboxylic acids is 1. The number of hydrogen-bond donors (Lipinski definition) is 4. The maximum absolute atomic E-state index is 14.7. The number of hydrogen-bond acceptors (Lipinski definition) is 3. The van der Waals surface area contributed by atoms with Gasteiger partial charge in [-0.15, -0.1) is 9.24 Å². The van der Waals surface area contributed by atoms with Gasteiger partial charge in [0.05, 0.1) is 28.8 Å². The summed E-state index contributed by atoms with van der Waals surface area (Å²) in [5, 5.41) is 6.21. The van der Waals surface area contributed by atoms with Crippen LogP contribution in [0.15, 0.2) is 58.5 Å². The van der Waals surface area contributed by atoms with Gasteiger partial charge in [0.1, 0.15) is 5.82 Å². The minimum atomic E-state index is -0.517. The van der Waals surface area contributed by atoms with E-state index in [0.717, 1.165) is 10.9 Å². The lowest BCUT2D eigenvalue weighted by atomic mass is 10.1. The number of anilines is 2. The molecule has 0 saturated carbocycles. The topological polar surface area (TPSA) is 118 Å². The van der Waals surface area contributed by atoms with Gasteiger partial charge in [-0.1, -0.05) is 38.1 Å². The summed E-state index contributed by atoms with van der Waals surface area (Å²) < 4.78 is 14.7. The third-order valence-corrected chi connectivity index (χ3v) is 5.55. The molecular weight excluding hydrogens is 450 g/mol. The standard InChI is InChI=1S/C25H32FN6OP/c1-5-19(30-22(27)7-3)16-13-12-15(14-18(16)26)29-25(33)32-21-11-9-10-17(24(21)34)20(6-2)31-23(28)8-4/h5-6,9-14H,7-8,34H2,1-4H3,(H2,27,30)(H2,28,31)(H2,29,32,33)/b19-5-,20-6-. The van der Waals surface area contributed by atoms with Gasteiger partial charge in [0.2, 0.25) is 0 Å². The summed E-state index contributed by atoms with van der Waals surface area (Å²) in [7, 11) is 2.62. The highest BCUT2D eigenvalue weighted by Crippen LogP contribution is 2.24. The minimum absolute atomic E-state index is 0.301. The highest BCUT2D eigenvalue weighted by Gasteiger charge is 2.13. The van der Waals surface area contributed by atoms with Crippen LogP contribution in [0.5, 0.6) is 0 Å². The largest absolute Gasteiger partial charge is 0.387 e. The van der Waals surface area contributed by atoms with Crippen molar-refractivity contribution in [2.45, 2.75) is 40.5 Å². The van der Waals surface area contributed by atoms with Crippen molar-refractivity contribution >= 4 is 55.0 Å². The van der Waals surface area contributed by atoms with E-state index in [0.29, 0.717) is 52.8 Å². The number of carbonyl (C=O) groups is 1. The second kappa shape index (κ2) is 12.7. The zero-order valence-corrected chi connectivity index (χ0v) is 21.1.